The number of hydrogen-bond acceptors (Lipinski definition) is 2. The van der Waals surface area contributed by atoms with E-state index in [1.165, 1.54) is 6.07 Å². The summed E-state index contributed by atoms with van der Waals surface area (Å²) in [6.07, 6.45) is 0.578. The Balaban J connectivity index is 2.20. The minimum Gasteiger partial charge on any atom is -0.369 e. The van der Waals surface area contributed by atoms with E-state index in [4.69, 9.17) is 5.73 Å². The van der Waals surface area contributed by atoms with Gasteiger partial charge in [-0.15, -0.1) is 0 Å². The van der Waals surface area contributed by atoms with Crippen LogP contribution >= 0.6 is 0 Å². The molecule has 2 N–H and O–H groups in total. The molecule has 0 aliphatic carbocycles. The molecule has 0 aromatic heterocycles. The lowest BCUT2D eigenvalue weighted by atomic mass is 9.83. The van der Waals surface area contributed by atoms with Gasteiger partial charge in [0, 0.05) is 18.7 Å². The molecule has 0 spiro atoms. The quantitative estimate of drug-likeness (QED) is 0.909. The van der Waals surface area contributed by atoms with Crippen molar-refractivity contribution in [3.05, 3.63) is 35.6 Å². The van der Waals surface area contributed by atoms with E-state index in [0.29, 0.717) is 25.1 Å². The van der Waals surface area contributed by atoms with Crippen molar-refractivity contribution in [3.63, 3.8) is 0 Å². The smallest absolute Gasteiger partial charge is 0.232 e. The summed E-state index contributed by atoms with van der Waals surface area (Å²) in [6, 6.07) is 6.28. The number of benzene rings is 1. The summed E-state index contributed by atoms with van der Waals surface area (Å²) >= 11 is 0. The Labute approximate surface area is 117 Å². The SMILES string of the molecule is CC(C)(C(=O)N1CC[C@@H](C(N)=O)C1)c1ccccc1F. The second-order valence-electron chi connectivity index (χ2n) is 5.74. The Hall–Kier alpha value is -1.91. The van der Waals surface area contributed by atoms with Crippen LogP contribution < -0.4 is 5.73 Å². The summed E-state index contributed by atoms with van der Waals surface area (Å²) in [6.45, 7) is 4.22. The second-order valence-corrected chi connectivity index (χ2v) is 5.74. The van der Waals surface area contributed by atoms with E-state index in [1.807, 2.05) is 0 Å². The molecular weight excluding hydrogens is 259 g/mol. The van der Waals surface area contributed by atoms with Crippen LogP contribution in [0, 0.1) is 11.7 Å². The Morgan fingerprint density at radius 1 is 1.35 bits per heavy atom. The van der Waals surface area contributed by atoms with Gasteiger partial charge in [0.2, 0.25) is 11.8 Å². The normalized spacial score (nSPS) is 19.1. The first-order valence-corrected chi connectivity index (χ1v) is 6.67. The van der Waals surface area contributed by atoms with E-state index >= 15 is 0 Å². The van der Waals surface area contributed by atoms with E-state index < -0.39 is 11.2 Å². The van der Waals surface area contributed by atoms with Crippen LogP contribution in [-0.2, 0) is 15.0 Å². The number of hydrogen-bond donors (Lipinski definition) is 1. The number of nitrogens with zero attached hydrogens (tertiary/aromatic N) is 1. The van der Waals surface area contributed by atoms with Crippen LogP contribution in [0.2, 0.25) is 0 Å². The fourth-order valence-electron chi connectivity index (χ4n) is 2.66. The molecule has 108 valence electrons. The Bertz CT molecular complexity index is 542. The minimum atomic E-state index is -0.960. The first-order chi connectivity index (χ1) is 9.34. The molecule has 0 radical (unpaired) electrons. The van der Waals surface area contributed by atoms with Crippen molar-refractivity contribution in [1.29, 1.82) is 0 Å². The second kappa shape index (κ2) is 5.23. The molecule has 1 aliphatic heterocycles. The summed E-state index contributed by atoms with van der Waals surface area (Å²) in [5, 5.41) is 0. The maximum absolute atomic E-state index is 13.9. The largest absolute Gasteiger partial charge is 0.369 e. The summed E-state index contributed by atoms with van der Waals surface area (Å²) in [4.78, 5) is 25.4. The van der Waals surface area contributed by atoms with Crippen LogP contribution in [0.25, 0.3) is 0 Å². The number of rotatable bonds is 3. The van der Waals surface area contributed by atoms with Crippen LogP contribution in [0.4, 0.5) is 4.39 Å². The van der Waals surface area contributed by atoms with Crippen molar-refractivity contribution in [3.8, 4) is 0 Å². The molecule has 2 rings (SSSR count). The number of carbonyl (C=O) groups is 2. The average molecular weight is 278 g/mol. The molecule has 0 unspecified atom stereocenters. The average Bonchev–Trinajstić information content (AvgIpc) is 2.87. The van der Waals surface area contributed by atoms with Crippen LogP contribution in [0.3, 0.4) is 0 Å². The van der Waals surface area contributed by atoms with Gasteiger partial charge >= 0.3 is 0 Å². The highest BCUT2D eigenvalue weighted by atomic mass is 19.1. The highest BCUT2D eigenvalue weighted by molar-refractivity contribution is 5.88. The van der Waals surface area contributed by atoms with Gasteiger partial charge in [-0.25, -0.2) is 4.39 Å². The van der Waals surface area contributed by atoms with Crippen molar-refractivity contribution >= 4 is 11.8 Å². The van der Waals surface area contributed by atoms with Gasteiger partial charge in [0.25, 0.3) is 0 Å². The molecular formula is C15H19FN2O2. The molecule has 4 nitrogen and oxygen atoms in total. The van der Waals surface area contributed by atoms with Crippen LogP contribution in [0.15, 0.2) is 24.3 Å². The number of primary amides is 1. The molecule has 5 heteroatoms. The molecule has 0 bridgehead atoms. The topological polar surface area (TPSA) is 63.4 Å². The third-order valence-electron chi connectivity index (χ3n) is 3.96. The zero-order chi connectivity index (χ0) is 14.9. The maximum atomic E-state index is 13.9. The first-order valence-electron chi connectivity index (χ1n) is 6.67. The lowest BCUT2D eigenvalue weighted by Gasteiger charge is -2.30. The molecule has 1 aromatic carbocycles. The molecule has 0 saturated carbocycles. The van der Waals surface area contributed by atoms with Gasteiger partial charge in [-0.05, 0) is 26.3 Å². The summed E-state index contributed by atoms with van der Waals surface area (Å²) in [5.74, 6) is -1.25. The summed E-state index contributed by atoms with van der Waals surface area (Å²) in [5.41, 5.74) is 4.68. The highest BCUT2D eigenvalue weighted by Crippen LogP contribution is 2.30. The van der Waals surface area contributed by atoms with Gasteiger partial charge in [-0.3, -0.25) is 9.59 Å². The maximum Gasteiger partial charge on any atom is 0.232 e. The Kier molecular flexibility index (Phi) is 3.79. The first kappa shape index (κ1) is 14.5. The molecule has 1 atom stereocenters. The molecule has 1 saturated heterocycles. The highest BCUT2D eigenvalue weighted by Gasteiger charge is 2.39. The standard InChI is InChI=1S/C15H19FN2O2/c1-15(2,11-5-3-4-6-12(11)16)14(20)18-8-7-10(9-18)13(17)19/h3-6,10H,7-9H2,1-2H3,(H2,17,19)/t10-/m1/s1. The van der Waals surface area contributed by atoms with Gasteiger partial charge in [0.15, 0.2) is 0 Å². The van der Waals surface area contributed by atoms with Gasteiger partial charge in [0.05, 0.1) is 11.3 Å². The van der Waals surface area contributed by atoms with Crippen LogP contribution in [0.5, 0.6) is 0 Å². The van der Waals surface area contributed by atoms with Crippen LogP contribution in [0.1, 0.15) is 25.8 Å². The monoisotopic (exact) mass is 278 g/mol. The third kappa shape index (κ3) is 2.53. The zero-order valence-corrected chi connectivity index (χ0v) is 11.7. The molecule has 1 aliphatic rings. The number of carbonyl (C=O) groups excluding carboxylic acids is 2. The molecule has 1 aromatic rings. The van der Waals surface area contributed by atoms with Crippen molar-refractivity contribution in [1.82, 2.24) is 4.90 Å². The van der Waals surface area contributed by atoms with E-state index in [0.717, 1.165) is 0 Å². The number of amides is 2. The predicted octanol–water partition coefficient (Wildman–Crippen LogP) is 1.44. The lowest BCUT2D eigenvalue weighted by molar-refractivity contribution is -0.135. The third-order valence-corrected chi connectivity index (χ3v) is 3.96. The molecule has 20 heavy (non-hydrogen) atoms. The van der Waals surface area contributed by atoms with E-state index in [-0.39, 0.29) is 17.7 Å². The van der Waals surface area contributed by atoms with Crippen molar-refractivity contribution in [2.45, 2.75) is 25.7 Å². The van der Waals surface area contributed by atoms with Crippen molar-refractivity contribution in [2.24, 2.45) is 11.7 Å². The summed E-state index contributed by atoms with van der Waals surface area (Å²) < 4.78 is 13.9. The predicted molar refractivity (Wildman–Crippen MR) is 73.3 cm³/mol. The molecule has 1 fully saturated rings. The van der Waals surface area contributed by atoms with Gasteiger partial charge in [-0.1, -0.05) is 18.2 Å². The van der Waals surface area contributed by atoms with E-state index in [1.54, 1.807) is 36.9 Å². The van der Waals surface area contributed by atoms with E-state index in [9.17, 15) is 14.0 Å². The van der Waals surface area contributed by atoms with E-state index in [2.05, 4.69) is 0 Å². The number of halogens is 1. The lowest BCUT2D eigenvalue weighted by Crippen LogP contribution is -2.43. The molecule has 2 amide bonds. The van der Waals surface area contributed by atoms with Crippen LogP contribution in [-0.4, -0.2) is 29.8 Å². The van der Waals surface area contributed by atoms with Gasteiger partial charge < -0.3 is 10.6 Å². The zero-order valence-electron chi connectivity index (χ0n) is 11.7. The van der Waals surface area contributed by atoms with Gasteiger partial charge in [-0.2, -0.15) is 0 Å². The van der Waals surface area contributed by atoms with Crippen molar-refractivity contribution in [2.75, 3.05) is 13.1 Å². The van der Waals surface area contributed by atoms with Gasteiger partial charge in [0.1, 0.15) is 5.82 Å². The fourth-order valence-corrected chi connectivity index (χ4v) is 2.66. The van der Waals surface area contributed by atoms with Crippen molar-refractivity contribution < 1.29 is 14.0 Å². The number of nitrogens with two attached hydrogens (primary N) is 1. The fraction of sp³-hybridized carbons (Fsp3) is 0.467. The Morgan fingerprint density at radius 2 is 2.00 bits per heavy atom. The summed E-state index contributed by atoms with van der Waals surface area (Å²) in [7, 11) is 0. The number of likely N-dealkylation sites (tertiary alicyclic amines) is 1. The molecule has 1 heterocycles. The minimum absolute atomic E-state index is 0.175. The Morgan fingerprint density at radius 3 is 2.55 bits per heavy atom.